The van der Waals surface area contributed by atoms with Gasteiger partial charge in [0.15, 0.2) is 5.78 Å². The molecule has 0 aliphatic heterocycles. The molecule has 0 unspecified atom stereocenters. The van der Waals surface area contributed by atoms with E-state index < -0.39 is 0 Å². The van der Waals surface area contributed by atoms with Crippen molar-refractivity contribution in [1.82, 2.24) is 0 Å². The van der Waals surface area contributed by atoms with Crippen LogP contribution in [-0.4, -0.2) is 17.9 Å². The van der Waals surface area contributed by atoms with Gasteiger partial charge in [-0.15, -0.1) is 0 Å². The smallest absolute Gasteiger partial charge is 0.302 e. The van der Waals surface area contributed by atoms with E-state index in [1.54, 1.807) is 0 Å². The summed E-state index contributed by atoms with van der Waals surface area (Å²) in [5.41, 5.74) is 1.70. The van der Waals surface area contributed by atoms with Crippen molar-refractivity contribution in [3.05, 3.63) is 11.6 Å². The minimum absolute atomic E-state index is 0.0485. The highest BCUT2D eigenvalue weighted by molar-refractivity contribution is 5.94. The lowest BCUT2D eigenvalue weighted by atomic mass is 9.46. The highest BCUT2D eigenvalue weighted by Crippen LogP contribution is 2.66. The molecule has 0 spiro atoms. The van der Waals surface area contributed by atoms with E-state index in [4.69, 9.17) is 4.74 Å². The van der Waals surface area contributed by atoms with E-state index in [9.17, 15) is 9.59 Å². The van der Waals surface area contributed by atoms with E-state index in [1.165, 1.54) is 57.4 Å². The van der Waals surface area contributed by atoms with Crippen molar-refractivity contribution in [1.29, 1.82) is 0 Å². The van der Waals surface area contributed by atoms with Gasteiger partial charge in [-0.1, -0.05) is 59.5 Å². The Bertz CT molecular complexity index is 766. The molecule has 0 aromatic carbocycles. The summed E-state index contributed by atoms with van der Waals surface area (Å²) < 4.78 is 5.54. The molecule has 0 aromatic rings. The molecule has 3 nitrogen and oxygen atoms in total. The van der Waals surface area contributed by atoms with Gasteiger partial charge in [-0.25, -0.2) is 0 Å². The molecule has 0 heterocycles. The largest absolute Gasteiger partial charge is 0.462 e. The molecular weight excluding hydrogens is 396 g/mol. The first-order valence-electron chi connectivity index (χ1n) is 13.5. The molecule has 4 rings (SSSR count). The predicted molar refractivity (Wildman–Crippen MR) is 129 cm³/mol. The predicted octanol–water partition coefficient (Wildman–Crippen LogP) is 7.14. The van der Waals surface area contributed by atoms with Crippen LogP contribution in [0, 0.1) is 46.3 Å². The van der Waals surface area contributed by atoms with Crippen molar-refractivity contribution in [2.75, 3.05) is 0 Å². The number of ketones is 1. The fourth-order valence-corrected chi connectivity index (χ4v) is 8.73. The third-order valence-electron chi connectivity index (χ3n) is 10.4. The van der Waals surface area contributed by atoms with E-state index in [1.807, 2.05) is 6.08 Å². The summed E-state index contributed by atoms with van der Waals surface area (Å²) in [5.74, 6) is 3.74. The zero-order valence-electron chi connectivity index (χ0n) is 21.4. The number of carbonyl (C=O) groups excluding carboxylic acids is 2. The number of carbonyl (C=O) groups is 2. The molecule has 0 radical (unpaired) electrons. The number of allylic oxidation sites excluding steroid dienone is 1. The summed E-state index contributed by atoms with van der Waals surface area (Å²) in [5, 5.41) is 0. The highest BCUT2D eigenvalue weighted by atomic mass is 16.5. The second-order valence-corrected chi connectivity index (χ2v) is 12.7. The molecule has 3 fully saturated rings. The average molecular weight is 443 g/mol. The Morgan fingerprint density at radius 2 is 1.81 bits per heavy atom. The van der Waals surface area contributed by atoms with Gasteiger partial charge in [0.2, 0.25) is 0 Å². The maximum atomic E-state index is 13.6. The van der Waals surface area contributed by atoms with Crippen molar-refractivity contribution in [2.24, 2.45) is 46.3 Å². The van der Waals surface area contributed by atoms with Crippen molar-refractivity contribution < 1.29 is 14.3 Å². The Hall–Kier alpha value is -1.12. The Morgan fingerprint density at radius 1 is 1.06 bits per heavy atom. The van der Waals surface area contributed by atoms with Crippen molar-refractivity contribution >= 4 is 11.8 Å². The lowest BCUT2D eigenvalue weighted by Crippen LogP contribution is -2.53. The molecule has 0 bridgehead atoms. The first kappa shape index (κ1) is 24.0. The van der Waals surface area contributed by atoms with Crippen LogP contribution in [0.5, 0.6) is 0 Å². The quantitative estimate of drug-likeness (QED) is 0.411. The van der Waals surface area contributed by atoms with Crippen LogP contribution in [-0.2, 0) is 14.3 Å². The molecular formula is C29H46O3. The first-order chi connectivity index (χ1) is 15.1. The topological polar surface area (TPSA) is 43.4 Å². The fourth-order valence-electron chi connectivity index (χ4n) is 8.73. The monoisotopic (exact) mass is 442 g/mol. The maximum Gasteiger partial charge on any atom is 0.302 e. The molecule has 0 N–H and O–H groups in total. The van der Waals surface area contributed by atoms with Gasteiger partial charge < -0.3 is 4.74 Å². The fraction of sp³-hybridized carbons (Fsp3) is 0.862. The second-order valence-electron chi connectivity index (χ2n) is 12.7. The van der Waals surface area contributed by atoms with Crippen molar-refractivity contribution in [3.8, 4) is 0 Å². The molecule has 0 amide bonds. The van der Waals surface area contributed by atoms with Gasteiger partial charge in [0.1, 0.15) is 6.10 Å². The van der Waals surface area contributed by atoms with E-state index >= 15 is 0 Å². The van der Waals surface area contributed by atoms with E-state index in [0.29, 0.717) is 23.0 Å². The van der Waals surface area contributed by atoms with Gasteiger partial charge in [-0.3, -0.25) is 9.59 Å². The van der Waals surface area contributed by atoms with Gasteiger partial charge in [0.05, 0.1) is 0 Å². The number of ether oxygens (including phenoxy) is 1. The molecule has 180 valence electrons. The van der Waals surface area contributed by atoms with Gasteiger partial charge in [-0.2, -0.15) is 0 Å². The van der Waals surface area contributed by atoms with Crippen LogP contribution < -0.4 is 0 Å². The van der Waals surface area contributed by atoms with Gasteiger partial charge in [-0.05, 0) is 85.0 Å². The number of esters is 1. The van der Waals surface area contributed by atoms with Crippen LogP contribution >= 0.6 is 0 Å². The van der Waals surface area contributed by atoms with E-state index in [0.717, 1.165) is 37.0 Å². The molecule has 0 aromatic heterocycles. The summed E-state index contributed by atoms with van der Waals surface area (Å²) >= 11 is 0. The van der Waals surface area contributed by atoms with Crippen LogP contribution in [0.1, 0.15) is 106 Å². The Balaban J connectivity index is 1.52. The normalized spacial score (nSPS) is 42.0. The van der Waals surface area contributed by atoms with E-state index in [-0.39, 0.29) is 23.4 Å². The highest BCUT2D eigenvalue weighted by Gasteiger charge is 2.61. The summed E-state index contributed by atoms with van der Waals surface area (Å²) in [7, 11) is 0. The standard InChI is InChI=1S/C29H46O3/c1-18(2)8-7-9-19(3)23-10-11-24-27-25(13-15-29(23,24)6)28(5)14-12-22(32-20(4)30)16-21(28)17-26(27)31/h17-19,22-25,27H,7-16H2,1-6H3/t19-,22+,23-,24-,25-,27+,28+,29-/m1/s1. The van der Waals surface area contributed by atoms with E-state index in [2.05, 4.69) is 34.6 Å². The van der Waals surface area contributed by atoms with Crippen LogP contribution in [0.3, 0.4) is 0 Å². The summed E-state index contributed by atoms with van der Waals surface area (Å²) in [6.45, 7) is 13.6. The van der Waals surface area contributed by atoms with Crippen LogP contribution in [0.25, 0.3) is 0 Å². The summed E-state index contributed by atoms with van der Waals surface area (Å²) in [6.07, 6.45) is 13.7. The van der Waals surface area contributed by atoms with Crippen LogP contribution in [0.2, 0.25) is 0 Å². The zero-order chi connectivity index (χ0) is 23.3. The summed E-state index contributed by atoms with van der Waals surface area (Å²) in [6, 6.07) is 0. The molecule has 4 aliphatic carbocycles. The second kappa shape index (κ2) is 8.91. The molecule has 4 aliphatic rings. The molecule has 32 heavy (non-hydrogen) atoms. The van der Waals surface area contributed by atoms with Crippen molar-refractivity contribution in [2.45, 2.75) is 112 Å². The lowest BCUT2D eigenvalue weighted by molar-refractivity contribution is -0.149. The van der Waals surface area contributed by atoms with Crippen LogP contribution in [0.15, 0.2) is 11.6 Å². The number of rotatable bonds is 6. The number of hydrogen-bond donors (Lipinski definition) is 0. The average Bonchev–Trinajstić information content (AvgIpc) is 3.05. The molecule has 0 saturated heterocycles. The Morgan fingerprint density at radius 3 is 2.50 bits per heavy atom. The Labute approximate surface area is 196 Å². The van der Waals surface area contributed by atoms with Crippen molar-refractivity contribution in [3.63, 3.8) is 0 Å². The Kier molecular flexibility index (Phi) is 6.69. The summed E-state index contributed by atoms with van der Waals surface area (Å²) in [4.78, 5) is 25.1. The van der Waals surface area contributed by atoms with Gasteiger partial charge in [0, 0.05) is 19.3 Å². The molecule has 8 atom stereocenters. The maximum absolute atomic E-state index is 13.6. The lowest BCUT2D eigenvalue weighted by Gasteiger charge is -2.57. The number of hydrogen-bond acceptors (Lipinski definition) is 3. The zero-order valence-corrected chi connectivity index (χ0v) is 21.4. The third-order valence-corrected chi connectivity index (χ3v) is 10.4. The van der Waals surface area contributed by atoms with Crippen LogP contribution in [0.4, 0.5) is 0 Å². The number of fused-ring (bicyclic) bond motifs is 5. The third kappa shape index (κ3) is 4.11. The SMILES string of the molecule is CC(=O)O[C@H]1CC[C@@]2(C)C(=CC(=O)[C@H]3[C@H]4CC[C@H]([C@H](C)CCCC(C)C)[C@@]4(C)CC[C@H]32)C1. The van der Waals surface area contributed by atoms with Gasteiger partial charge >= 0.3 is 5.97 Å². The minimum atomic E-state index is -0.202. The minimum Gasteiger partial charge on any atom is -0.462 e. The molecule has 3 saturated carbocycles. The molecule has 3 heteroatoms. The first-order valence-corrected chi connectivity index (χ1v) is 13.5. The van der Waals surface area contributed by atoms with Gasteiger partial charge in [0.25, 0.3) is 0 Å².